The molecular weight excluding hydrogens is 506 g/mol. The highest BCUT2D eigenvalue weighted by Crippen LogP contribution is 2.43. The first kappa shape index (κ1) is 25.2. The van der Waals surface area contributed by atoms with E-state index in [0.29, 0.717) is 25.5 Å². The Bertz CT molecular complexity index is 1370. The molecule has 2 atom stereocenters. The molecule has 8 bridgehead atoms. The number of carbonyl (C=O) groups is 1. The number of hydrogen-bond acceptors (Lipinski definition) is 9. The standard InChI is InChI=1S/C30H35N7O3/c38-24-16-23-5-11-32-28(39)30(8-9-30)36-12-6-25(7-13-36)40-26-3-1-2-22(15-26)35-27-14-20(4-10-31-27)21-17-33-29(34-18-21)37(23)19-24/h1-4,10,14-15,17-18,23-25,38H,5-9,11-13,16,19H2,(H,31,35)(H,32,39). The lowest BCUT2D eigenvalue weighted by molar-refractivity contribution is -0.129. The van der Waals surface area contributed by atoms with Crippen LogP contribution in [0.1, 0.15) is 38.5 Å². The highest BCUT2D eigenvalue weighted by Gasteiger charge is 2.54. The molecule has 1 aliphatic carbocycles. The molecule has 0 radical (unpaired) electrons. The average molecular weight is 542 g/mol. The largest absolute Gasteiger partial charge is 0.490 e. The number of amides is 1. The highest BCUT2D eigenvalue weighted by molar-refractivity contribution is 5.89. The molecule has 2 saturated heterocycles. The second kappa shape index (κ2) is 10.3. The molecular formula is C30H35N7O3. The van der Waals surface area contributed by atoms with Crippen molar-refractivity contribution in [3.8, 4) is 16.9 Å². The Morgan fingerprint density at radius 3 is 2.62 bits per heavy atom. The molecule has 1 spiro atoms. The van der Waals surface area contributed by atoms with E-state index in [1.165, 1.54) is 0 Å². The Morgan fingerprint density at radius 2 is 1.82 bits per heavy atom. The number of carbonyl (C=O) groups excluding carboxylic acids is 1. The van der Waals surface area contributed by atoms with E-state index in [0.717, 1.165) is 73.6 Å². The maximum atomic E-state index is 13.3. The number of pyridine rings is 1. The molecule has 3 N–H and O–H groups in total. The Labute approximate surface area is 233 Å². The topological polar surface area (TPSA) is 116 Å². The molecule has 2 unspecified atom stereocenters. The van der Waals surface area contributed by atoms with E-state index in [2.05, 4.69) is 35.4 Å². The summed E-state index contributed by atoms with van der Waals surface area (Å²) in [4.78, 5) is 31.6. The third-order valence-corrected chi connectivity index (χ3v) is 8.75. The van der Waals surface area contributed by atoms with Crippen LogP contribution in [-0.2, 0) is 4.79 Å². The number of ether oxygens (including phenoxy) is 1. The van der Waals surface area contributed by atoms with Crippen LogP contribution in [0.5, 0.6) is 5.75 Å². The van der Waals surface area contributed by atoms with Gasteiger partial charge < -0.3 is 25.4 Å². The summed E-state index contributed by atoms with van der Waals surface area (Å²) >= 11 is 0. The van der Waals surface area contributed by atoms with Gasteiger partial charge in [-0.15, -0.1) is 0 Å². The molecule has 40 heavy (non-hydrogen) atoms. The van der Waals surface area contributed by atoms with Crippen molar-refractivity contribution >= 4 is 23.4 Å². The molecule has 1 aromatic carbocycles. The number of nitrogens with zero attached hydrogens (tertiary/aromatic N) is 5. The maximum Gasteiger partial charge on any atom is 0.240 e. The summed E-state index contributed by atoms with van der Waals surface area (Å²) in [6.45, 7) is 2.75. The van der Waals surface area contributed by atoms with Gasteiger partial charge in [0, 0.05) is 68.1 Å². The van der Waals surface area contributed by atoms with Gasteiger partial charge in [0.05, 0.1) is 6.10 Å². The van der Waals surface area contributed by atoms with Crippen LogP contribution >= 0.6 is 0 Å². The van der Waals surface area contributed by atoms with Crippen molar-refractivity contribution in [3.63, 3.8) is 0 Å². The lowest BCUT2D eigenvalue weighted by atomic mass is 10.0. The van der Waals surface area contributed by atoms with Gasteiger partial charge in [0.2, 0.25) is 11.9 Å². The first-order chi connectivity index (χ1) is 19.6. The van der Waals surface area contributed by atoms with Crippen molar-refractivity contribution in [2.24, 2.45) is 0 Å². The normalized spacial score (nSPS) is 27.4. The van der Waals surface area contributed by atoms with Crippen LogP contribution in [-0.4, -0.2) is 80.8 Å². The summed E-state index contributed by atoms with van der Waals surface area (Å²) in [7, 11) is 0. The minimum absolute atomic E-state index is 0.0672. The van der Waals surface area contributed by atoms with Gasteiger partial charge in [-0.25, -0.2) is 15.0 Å². The van der Waals surface area contributed by atoms with Crippen LogP contribution in [0.2, 0.25) is 0 Å². The number of nitrogens with one attached hydrogen (secondary N) is 2. The van der Waals surface area contributed by atoms with Gasteiger partial charge in [0.1, 0.15) is 23.2 Å². The molecule has 10 rings (SSSR count). The average Bonchev–Trinajstić information content (AvgIpc) is 3.70. The van der Waals surface area contributed by atoms with Gasteiger partial charge in [-0.1, -0.05) is 6.07 Å². The summed E-state index contributed by atoms with van der Waals surface area (Å²) in [6, 6.07) is 12.0. The number of aromatic nitrogens is 3. The monoisotopic (exact) mass is 541 g/mol. The highest BCUT2D eigenvalue weighted by atomic mass is 16.5. The smallest absolute Gasteiger partial charge is 0.240 e. The predicted octanol–water partition coefficient (Wildman–Crippen LogP) is 3.12. The van der Waals surface area contributed by atoms with Crippen LogP contribution < -0.4 is 20.3 Å². The first-order valence-corrected chi connectivity index (χ1v) is 14.4. The van der Waals surface area contributed by atoms with Crippen molar-refractivity contribution < 1.29 is 14.6 Å². The van der Waals surface area contributed by atoms with E-state index >= 15 is 0 Å². The van der Waals surface area contributed by atoms with Crippen molar-refractivity contribution in [2.45, 2.75) is 62.3 Å². The van der Waals surface area contributed by atoms with Gasteiger partial charge in [0.15, 0.2) is 0 Å². The van der Waals surface area contributed by atoms with E-state index < -0.39 is 6.10 Å². The number of hydrogen-bond donors (Lipinski definition) is 3. The zero-order chi connectivity index (χ0) is 27.1. The first-order valence-electron chi connectivity index (χ1n) is 14.4. The Hall–Kier alpha value is -3.76. The van der Waals surface area contributed by atoms with E-state index in [1.54, 1.807) is 6.20 Å². The number of anilines is 3. The number of aliphatic hydroxyl groups is 1. The summed E-state index contributed by atoms with van der Waals surface area (Å²) in [6.07, 6.45) is 10.1. The van der Waals surface area contributed by atoms with Crippen LogP contribution in [0.25, 0.3) is 11.1 Å². The quantitative estimate of drug-likeness (QED) is 0.395. The molecule has 3 aromatic rings. The van der Waals surface area contributed by atoms with Crippen molar-refractivity contribution in [1.82, 2.24) is 25.2 Å². The number of piperidine rings is 1. The summed E-state index contributed by atoms with van der Waals surface area (Å²) in [5, 5.41) is 17.1. The third-order valence-electron chi connectivity index (χ3n) is 8.75. The van der Waals surface area contributed by atoms with Crippen LogP contribution in [0, 0.1) is 0 Å². The number of rotatable bonds is 0. The molecule has 6 aliphatic heterocycles. The number of aliphatic hydroxyl groups excluding tert-OH is 1. The lowest BCUT2D eigenvalue weighted by Gasteiger charge is -2.37. The van der Waals surface area contributed by atoms with E-state index in [4.69, 9.17) is 4.74 Å². The molecule has 7 aliphatic rings. The van der Waals surface area contributed by atoms with Gasteiger partial charge in [-0.05, 0) is 68.4 Å². The molecule has 10 nitrogen and oxygen atoms in total. The molecule has 1 amide bonds. The minimum atomic E-state index is -0.437. The summed E-state index contributed by atoms with van der Waals surface area (Å²) in [5.41, 5.74) is 2.36. The number of benzene rings is 1. The Kier molecular flexibility index (Phi) is 6.51. The summed E-state index contributed by atoms with van der Waals surface area (Å²) < 4.78 is 6.37. The maximum absolute atomic E-state index is 13.3. The van der Waals surface area contributed by atoms with Crippen LogP contribution in [0.4, 0.5) is 17.5 Å². The SMILES string of the molecule is O=C1NCCC2CC(O)CN2c2ncc(cn2)-c2ccnc(c2)Nc2cccc(c2)OC2CCN(CC2)C12CC2. The molecule has 10 heteroatoms. The third kappa shape index (κ3) is 4.97. The van der Waals surface area contributed by atoms with Crippen LogP contribution in [0.3, 0.4) is 0 Å². The van der Waals surface area contributed by atoms with E-state index in [1.807, 2.05) is 48.8 Å². The van der Waals surface area contributed by atoms with E-state index in [9.17, 15) is 9.90 Å². The van der Waals surface area contributed by atoms with Crippen molar-refractivity contribution in [3.05, 3.63) is 55.0 Å². The van der Waals surface area contributed by atoms with Gasteiger partial charge in [-0.2, -0.15) is 0 Å². The zero-order valence-electron chi connectivity index (χ0n) is 22.5. The second-order valence-electron chi connectivity index (χ2n) is 11.4. The zero-order valence-corrected chi connectivity index (χ0v) is 22.5. The minimum Gasteiger partial charge on any atom is -0.490 e. The second-order valence-corrected chi connectivity index (χ2v) is 11.4. The fourth-order valence-corrected chi connectivity index (χ4v) is 6.42. The van der Waals surface area contributed by atoms with E-state index in [-0.39, 0.29) is 23.6 Å². The fourth-order valence-electron chi connectivity index (χ4n) is 6.42. The summed E-state index contributed by atoms with van der Waals surface area (Å²) in [5.74, 6) is 2.28. The molecule has 208 valence electrons. The van der Waals surface area contributed by atoms with Gasteiger partial charge in [0.25, 0.3) is 0 Å². The molecule has 2 aromatic heterocycles. The Balaban J connectivity index is 1.17. The van der Waals surface area contributed by atoms with Gasteiger partial charge >= 0.3 is 0 Å². The molecule has 8 heterocycles. The lowest BCUT2D eigenvalue weighted by Crippen LogP contribution is -2.53. The molecule has 3 fully saturated rings. The van der Waals surface area contributed by atoms with Crippen LogP contribution in [0.15, 0.2) is 55.0 Å². The Morgan fingerprint density at radius 1 is 1.00 bits per heavy atom. The molecule has 1 saturated carbocycles. The van der Waals surface area contributed by atoms with Gasteiger partial charge in [-0.3, -0.25) is 9.69 Å². The fraction of sp³-hybridized carbons (Fsp3) is 0.467. The van der Waals surface area contributed by atoms with Crippen molar-refractivity contribution in [2.75, 3.05) is 36.4 Å². The van der Waals surface area contributed by atoms with Crippen molar-refractivity contribution in [1.29, 1.82) is 0 Å². The predicted molar refractivity (Wildman–Crippen MR) is 152 cm³/mol.